The van der Waals surface area contributed by atoms with Crippen molar-refractivity contribution in [2.75, 3.05) is 0 Å². The summed E-state index contributed by atoms with van der Waals surface area (Å²) in [6, 6.07) is 0. The van der Waals surface area contributed by atoms with Crippen molar-refractivity contribution in [3.05, 3.63) is 11.0 Å². The normalized spacial score (nSPS) is 23.2. The highest BCUT2D eigenvalue weighted by atomic mass is 32.2. The topological polar surface area (TPSA) is 120 Å². The van der Waals surface area contributed by atoms with Crippen molar-refractivity contribution >= 4 is 21.7 Å². The lowest BCUT2D eigenvalue weighted by Gasteiger charge is -2.12. The van der Waals surface area contributed by atoms with Gasteiger partial charge in [-0.05, 0) is 25.7 Å². The number of hydrogen-bond acceptors (Lipinski definition) is 4. The van der Waals surface area contributed by atoms with Crippen LogP contribution in [0.1, 0.15) is 25.7 Å². The first-order chi connectivity index (χ1) is 7.79. The molecule has 0 aromatic carbocycles. The summed E-state index contributed by atoms with van der Waals surface area (Å²) in [6.45, 7) is 0. The molecule has 0 bridgehead atoms. The van der Waals surface area contributed by atoms with Crippen molar-refractivity contribution in [1.29, 1.82) is 0 Å². The number of hydrogen-bond donors (Lipinski definition) is 2. The maximum Gasteiger partial charge on any atom is 0.246 e. The molecule has 0 spiro atoms. The molecule has 2 rings (SSSR count). The second-order valence-electron chi connectivity index (χ2n) is 4.63. The molecule has 0 atom stereocenters. The monoisotopic (exact) mass is 258 g/mol. The number of amides is 2. The van der Waals surface area contributed by atoms with Gasteiger partial charge < -0.3 is 11.5 Å². The molecule has 94 valence electrons. The van der Waals surface area contributed by atoms with Crippen LogP contribution in [0.15, 0.2) is 11.0 Å². The third-order valence-corrected chi connectivity index (χ3v) is 5.24. The van der Waals surface area contributed by atoms with Crippen LogP contribution >= 0.6 is 0 Å². The van der Waals surface area contributed by atoms with E-state index in [4.69, 9.17) is 11.5 Å². The van der Waals surface area contributed by atoms with Gasteiger partial charge in [0.15, 0.2) is 9.84 Å². The summed E-state index contributed by atoms with van der Waals surface area (Å²) in [7, 11) is -3.48. The molecular weight excluding hydrogens is 244 g/mol. The molecule has 0 heterocycles. The molecule has 2 saturated carbocycles. The lowest BCUT2D eigenvalue weighted by Crippen LogP contribution is -2.33. The van der Waals surface area contributed by atoms with Gasteiger partial charge in [-0.1, -0.05) is 0 Å². The van der Waals surface area contributed by atoms with Crippen molar-refractivity contribution < 1.29 is 18.0 Å². The van der Waals surface area contributed by atoms with Crippen LogP contribution < -0.4 is 11.5 Å². The van der Waals surface area contributed by atoms with Crippen LogP contribution in [-0.4, -0.2) is 25.5 Å². The van der Waals surface area contributed by atoms with Crippen molar-refractivity contribution in [3.63, 3.8) is 0 Å². The standard InChI is InChI=1S/C10H14N2O4S/c11-8(13)7(10(3-4-10)9(12)14)5-17(15,16)6-1-2-6/h5-6H,1-4H2,(H2,11,13)(H2,12,14). The molecule has 0 saturated heterocycles. The first-order valence-electron chi connectivity index (χ1n) is 5.35. The lowest BCUT2D eigenvalue weighted by molar-refractivity contribution is -0.124. The second kappa shape index (κ2) is 3.56. The van der Waals surface area contributed by atoms with Crippen LogP contribution in [0, 0.1) is 5.41 Å². The van der Waals surface area contributed by atoms with E-state index in [2.05, 4.69) is 0 Å². The summed E-state index contributed by atoms with van der Waals surface area (Å²) in [6.07, 6.45) is 1.96. The number of primary amides is 2. The van der Waals surface area contributed by atoms with Gasteiger partial charge in [-0.25, -0.2) is 8.42 Å². The highest BCUT2D eigenvalue weighted by Crippen LogP contribution is 2.52. The number of sulfone groups is 1. The molecule has 2 amide bonds. The Morgan fingerprint density at radius 1 is 1.18 bits per heavy atom. The minimum absolute atomic E-state index is 0.156. The molecular formula is C10H14N2O4S. The first-order valence-corrected chi connectivity index (χ1v) is 6.96. The Labute approximate surface area is 99.0 Å². The Bertz CT molecular complexity index is 512. The molecule has 2 fully saturated rings. The zero-order valence-corrected chi connectivity index (χ0v) is 10.00. The summed E-state index contributed by atoms with van der Waals surface area (Å²) in [4.78, 5) is 22.6. The molecule has 0 radical (unpaired) electrons. The van der Waals surface area contributed by atoms with Crippen molar-refractivity contribution in [2.45, 2.75) is 30.9 Å². The fraction of sp³-hybridized carbons (Fsp3) is 0.600. The van der Waals surface area contributed by atoms with Gasteiger partial charge in [0.2, 0.25) is 11.8 Å². The average molecular weight is 258 g/mol. The van der Waals surface area contributed by atoms with Gasteiger partial charge in [-0.15, -0.1) is 0 Å². The van der Waals surface area contributed by atoms with Crippen molar-refractivity contribution in [1.82, 2.24) is 0 Å². The third-order valence-electron chi connectivity index (χ3n) is 3.27. The van der Waals surface area contributed by atoms with Crippen LogP contribution in [0.3, 0.4) is 0 Å². The zero-order valence-electron chi connectivity index (χ0n) is 9.18. The van der Waals surface area contributed by atoms with E-state index < -0.39 is 32.3 Å². The molecule has 2 aliphatic carbocycles. The van der Waals surface area contributed by atoms with Gasteiger partial charge in [0.25, 0.3) is 0 Å². The predicted octanol–water partition coefficient (Wildman–Crippen LogP) is -0.802. The Morgan fingerprint density at radius 3 is 2.00 bits per heavy atom. The van der Waals surface area contributed by atoms with Gasteiger partial charge >= 0.3 is 0 Å². The quantitative estimate of drug-likeness (QED) is 0.627. The molecule has 4 N–H and O–H groups in total. The van der Waals surface area contributed by atoms with Crippen molar-refractivity contribution in [3.8, 4) is 0 Å². The van der Waals surface area contributed by atoms with Crippen LogP contribution in [0.2, 0.25) is 0 Å². The summed E-state index contributed by atoms with van der Waals surface area (Å²) >= 11 is 0. The van der Waals surface area contributed by atoms with E-state index >= 15 is 0 Å². The van der Waals surface area contributed by atoms with E-state index in [0.717, 1.165) is 5.41 Å². The molecule has 0 aromatic heterocycles. The maximum absolute atomic E-state index is 11.8. The fourth-order valence-electron chi connectivity index (χ4n) is 1.84. The Balaban J connectivity index is 2.40. The summed E-state index contributed by atoms with van der Waals surface area (Å²) in [5, 5.41) is 0.436. The summed E-state index contributed by atoms with van der Waals surface area (Å²) < 4.78 is 23.5. The molecule has 17 heavy (non-hydrogen) atoms. The van der Waals surface area contributed by atoms with E-state index in [9.17, 15) is 18.0 Å². The first kappa shape index (κ1) is 12.1. The SMILES string of the molecule is NC(=O)C(=CS(=O)(=O)C1CC1)C1(C(N)=O)CC1. The molecule has 2 aliphatic rings. The Kier molecular flexibility index (Phi) is 2.53. The fourth-order valence-corrected chi connectivity index (χ4v) is 3.49. The number of nitrogens with two attached hydrogens (primary N) is 2. The molecule has 7 heteroatoms. The largest absolute Gasteiger partial charge is 0.369 e. The highest BCUT2D eigenvalue weighted by molar-refractivity contribution is 7.95. The third kappa shape index (κ3) is 2.06. The molecule has 6 nitrogen and oxygen atoms in total. The Hall–Kier alpha value is -1.37. The van der Waals surface area contributed by atoms with Crippen LogP contribution in [-0.2, 0) is 19.4 Å². The van der Waals surface area contributed by atoms with Gasteiger partial charge in [0.1, 0.15) is 0 Å². The van der Waals surface area contributed by atoms with Crippen LogP contribution in [0.4, 0.5) is 0 Å². The number of carbonyl (C=O) groups is 2. The second-order valence-corrected chi connectivity index (χ2v) is 6.71. The van der Waals surface area contributed by atoms with Gasteiger partial charge in [-0.2, -0.15) is 0 Å². The van der Waals surface area contributed by atoms with Crippen molar-refractivity contribution in [2.24, 2.45) is 16.9 Å². The minimum atomic E-state index is -3.48. The van der Waals surface area contributed by atoms with Gasteiger partial charge in [0.05, 0.1) is 10.7 Å². The van der Waals surface area contributed by atoms with E-state index in [0.29, 0.717) is 25.7 Å². The van der Waals surface area contributed by atoms with E-state index in [1.54, 1.807) is 0 Å². The Morgan fingerprint density at radius 2 is 1.71 bits per heavy atom. The van der Waals surface area contributed by atoms with E-state index in [-0.39, 0.29) is 5.57 Å². The minimum Gasteiger partial charge on any atom is -0.369 e. The zero-order chi connectivity index (χ0) is 12.8. The summed E-state index contributed by atoms with van der Waals surface area (Å²) in [5.74, 6) is -1.57. The van der Waals surface area contributed by atoms with Crippen LogP contribution in [0.5, 0.6) is 0 Å². The molecule has 0 aliphatic heterocycles. The smallest absolute Gasteiger partial charge is 0.246 e. The maximum atomic E-state index is 11.8. The van der Waals surface area contributed by atoms with Gasteiger partial charge in [0, 0.05) is 11.0 Å². The summed E-state index contributed by atoms with van der Waals surface area (Å²) in [5.41, 5.74) is 9.05. The van der Waals surface area contributed by atoms with E-state index in [1.807, 2.05) is 0 Å². The molecule has 0 aromatic rings. The van der Waals surface area contributed by atoms with Crippen LogP contribution in [0.25, 0.3) is 0 Å². The number of carbonyl (C=O) groups excluding carboxylic acids is 2. The van der Waals surface area contributed by atoms with Gasteiger partial charge in [-0.3, -0.25) is 9.59 Å². The number of rotatable bonds is 5. The molecule has 0 unspecified atom stereocenters. The average Bonchev–Trinajstić information content (AvgIpc) is 3.03. The highest BCUT2D eigenvalue weighted by Gasteiger charge is 2.54. The lowest BCUT2D eigenvalue weighted by atomic mass is 9.96. The van der Waals surface area contributed by atoms with E-state index in [1.165, 1.54) is 0 Å². The predicted molar refractivity (Wildman–Crippen MR) is 60.1 cm³/mol.